The van der Waals surface area contributed by atoms with Gasteiger partial charge >= 0.3 is 12.1 Å². The summed E-state index contributed by atoms with van der Waals surface area (Å²) in [5.74, 6) is -0.595. The van der Waals surface area contributed by atoms with Crippen molar-refractivity contribution in [2.24, 2.45) is 0 Å². The number of nitrogens with one attached hydrogen (secondary N) is 1. The predicted octanol–water partition coefficient (Wildman–Crippen LogP) is 6.31. The van der Waals surface area contributed by atoms with E-state index in [9.17, 15) is 23.2 Å². The molecule has 0 atom stereocenters. The van der Waals surface area contributed by atoms with Crippen LogP contribution < -0.4 is 4.74 Å². The monoisotopic (exact) mass is 456 g/mol. The number of aliphatic carboxylic acids is 1. The van der Waals surface area contributed by atoms with E-state index in [1.165, 1.54) is 6.07 Å². The highest BCUT2D eigenvalue weighted by Gasteiger charge is 2.36. The molecule has 4 rings (SSSR count). The number of hydrogen-bond acceptors (Lipinski definition) is 3. The Labute approximate surface area is 188 Å². The molecule has 1 aliphatic rings. The van der Waals surface area contributed by atoms with Crippen molar-refractivity contribution in [3.8, 4) is 11.8 Å². The smallest absolute Gasteiger partial charge is 0.416 e. The van der Waals surface area contributed by atoms with Crippen LogP contribution in [0.4, 0.5) is 13.2 Å². The molecular weight excluding hydrogens is 433 g/mol. The molecule has 0 spiro atoms. The van der Waals surface area contributed by atoms with Gasteiger partial charge in [-0.1, -0.05) is 25.0 Å². The van der Waals surface area contributed by atoms with Gasteiger partial charge in [0.25, 0.3) is 0 Å². The van der Waals surface area contributed by atoms with Crippen LogP contribution in [-0.2, 0) is 24.0 Å². The number of rotatable bonds is 7. The van der Waals surface area contributed by atoms with Gasteiger partial charge in [-0.15, -0.1) is 0 Å². The molecule has 0 radical (unpaired) electrons. The van der Waals surface area contributed by atoms with Crippen LogP contribution in [0.15, 0.2) is 36.4 Å². The van der Waals surface area contributed by atoms with Gasteiger partial charge in [-0.3, -0.25) is 4.79 Å². The lowest BCUT2D eigenvalue weighted by Crippen LogP contribution is -2.12. The van der Waals surface area contributed by atoms with Gasteiger partial charge in [-0.2, -0.15) is 18.4 Å². The lowest BCUT2D eigenvalue weighted by molar-refractivity contribution is -0.138. The van der Waals surface area contributed by atoms with Gasteiger partial charge in [0.15, 0.2) is 0 Å². The second-order valence-electron chi connectivity index (χ2n) is 8.38. The molecule has 33 heavy (non-hydrogen) atoms. The summed E-state index contributed by atoms with van der Waals surface area (Å²) in [5.41, 5.74) is 1.73. The lowest BCUT2D eigenvalue weighted by atomic mass is 9.91. The van der Waals surface area contributed by atoms with Crippen LogP contribution in [0.5, 0.6) is 5.75 Å². The molecule has 5 nitrogen and oxygen atoms in total. The molecule has 1 aromatic heterocycles. The van der Waals surface area contributed by atoms with E-state index in [1.807, 2.05) is 0 Å². The number of nitriles is 1. The zero-order valence-corrected chi connectivity index (χ0v) is 17.8. The summed E-state index contributed by atoms with van der Waals surface area (Å²) in [6, 6.07) is 11.5. The van der Waals surface area contributed by atoms with Crippen LogP contribution in [0.3, 0.4) is 0 Å². The number of carboxylic acids is 1. The Morgan fingerprint density at radius 1 is 1.18 bits per heavy atom. The number of alkyl halides is 3. The van der Waals surface area contributed by atoms with Gasteiger partial charge in [-0.05, 0) is 60.6 Å². The Bertz CT molecular complexity index is 1220. The van der Waals surface area contributed by atoms with Gasteiger partial charge in [0.1, 0.15) is 18.4 Å². The minimum absolute atomic E-state index is 0.0439. The van der Waals surface area contributed by atoms with E-state index >= 15 is 0 Å². The van der Waals surface area contributed by atoms with E-state index in [0.29, 0.717) is 39.0 Å². The molecule has 1 heterocycles. The van der Waals surface area contributed by atoms with Crippen molar-refractivity contribution in [1.29, 1.82) is 5.26 Å². The van der Waals surface area contributed by atoms with Gasteiger partial charge in [0.2, 0.25) is 0 Å². The lowest BCUT2D eigenvalue weighted by Gasteiger charge is -2.19. The first-order valence-electron chi connectivity index (χ1n) is 10.9. The number of halogens is 3. The Kier molecular flexibility index (Phi) is 6.32. The fraction of sp³-hybridized carbons (Fsp3) is 0.360. The molecule has 0 amide bonds. The van der Waals surface area contributed by atoms with E-state index < -0.39 is 17.7 Å². The number of hydrogen-bond donors (Lipinski definition) is 2. The Balaban J connectivity index is 1.55. The van der Waals surface area contributed by atoms with Crippen molar-refractivity contribution in [3.05, 3.63) is 64.3 Å². The average molecular weight is 456 g/mol. The van der Waals surface area contributed by atoms with Gasteiger partial charge in [-0.25, -0.2) is 0 Å². The molecule has 3 aromatic rings. The van der Waals surface area contributed by atoms with Gasteiger partial charge in [0, 0.05) is 16.6 Å². The first-order valence-corrected chi connectivity index (χ1v) is 10.9. The van der Waals surface area contributed by atoms with Gasteiger partial charge in [0.05, 0.1) is 17.5 Å². The minimum atomic E-state index is -4.42. The van der Waals surface area contributed by atoms with E-state index in [0.717, 1.165) is 25.7 Å². The SMILES string of the molecule is N#Cc1c(CCC(=O)O)[nH]c2ccc(OCc3ccc(C4CCCC4)c(C(F)(F)F)c3)cc12. The molecule has 0 bridgehead atoms. The maximum atomic E-state index is 13.7. The number of ether oxygens (including phenoxy) is 1. The number of carbonyl (C=O) groups is 1. The summed E-state index contributed by atoms with van der Waals surface area (Å²) in [7, 11) is 0. The fourth-order valence-electron chi connectivity index (χ4n) is 4.56. The molecule has 1 aliphatic carbocycles. The van der Waals surface area contributed by atoms with Crippen molar-refractivity contribution < 1.29 is 27.8 Å². The molecule has 8 heteroatoms. The zero-order valence-electron chi connectivity index (χ0n) is 17.8. The van der Waals surface area contributed by atoms with Crippen molar-refractivity contribution in [2.75, 3.05) is 0 Å². The summed E-state index contributed by atoms with van der Waals surface area (Å²) < 4.78 is 46.9. The summed E-state index contributed by atoms with van der Waals surface area (Å²) in [6.45, 7) is -0.0439. The topological polar surface area (TPSA) is 86.1 Å². The highest BCUT2D eigenvalue weighted by molar-refractivity contribution is 5.88. The number of aryl methyl sites for hydroxylation is 1. The average Bonchev–Trinajstić information content (AvgIpc) is 3.43. The number of H-pyrrole nitrogens is 1. The second kappa shape index (κ2) is 9.18. The second-order valence-corrected chi connectivity index (χ2v) is 8.38. The summed E-state index contributed by atoms with van der Waals surface area (Å²) in [4.78, 5) is 13.9. The third-order valence-electron chi connectivity index (χ3n) is 6.17. The molecule has 2 N–H and O–H groups in total. The van der Waals surface area contributed by atoms with E-state index in [1.54, 1.807) is 30.3 Å². The van der Waals surface area contributed by atoms with E-state index in [2.05, 4.69) is 11.1 Å². The number of nitrogens with zero attached hydrogens (tertiary/aromatic N) is 1. The van der Waals surface area contributed by atoms with Crippen molar-refractivity contribution >= 4 is 16.9 Å². The molecule has 0 aliphatic heterocycles. The maximum absolute atomic E-state index is 13.7. The largest absolute Gasteiger partial charge is 0.489 e. The first-order chi connectivity index (χ1) is 15.8. The number of fused-ring (bicyclic) bond motifs is 1. The van der Waals surface area contributed by atoms with Crippen LogP contribution in [0.2, 0.25) is 0 Å². The number of aromatic nitrogens is 1. The number of carboxylic acid groups (broad SMARTS) is 1. The summed E-state index contributed by atoms with van der Waals surface area (Å²) in [5, 5.41) is 19.0. The third kappa shape index (κ3) is 4.98. The Morgan fingerprint density at radius 3 is 2.61 bits per heavy atom. The molecule has 0 saturated heterocycles. The van der Waals surface area contributed by atoms with E-state index in [-0.39, 0.29) is 25.4 Å². The van der Waals surface area contributed by atoms with Crippen molar-refractivity contribution in [2.45, 2.75) is 57.2 Å². The highest BCUT2D eigenvalue weighted by Crippen LogP contribution is 2.42. The van der Waals surface area contributed by atoms with Crippen LogP contribution in [0.1, 0.15) is 66.0 Å². The summed E-state index contributed by atoms with van der Waals surface area (Å²) >= 11 is 0. The number of benzene rings is 2. The van der Waals surface area contributed by atoms with Crippen LogP contribution in [0.25, 0.3) is 10.9 Å². The molecule has 0 unspecified atom stereocenters. The zero-order chi connectivity index (χ0) is 23.6. The molecular formula is C25H23F3N2O3. The quantitative estimate of drug-likeness (QED) is 0.436. The Hall–Kier alpha value is -3.47. The van der Waals surface area contributed by atoms with Crippen LogP contribution >= 0.6 is 0 Å². The minimum Gasteiger partial charge on any atom is -0.489 e. The standard InChI is InChI=1S/C25H23F3N2O3/c26-25(27,28)21-11-15(5-7-18(21)16-3-1-2-4-16)14-33-17-6-8-22-19(12-17)20(13-29)23(30-22)9-10-24(31)32/h5-8,11-12,16,30H,1-4,9-10,14H2,(H,31,32). The Morgan fingerprint density at radius 2 is 1.94 bits per heavy atom. The fourth-order valence-corrected chi connectivity index (χ4v) is 4.56. The predicted molar refractivity (Wildman–Crippen MR) is 116 cm³/mol. The van der Waals surface area contributed by atoms with Crippen molar-refractivity contribution in [3.63, 3.8) is 0 Å². The van der Waals surface area contributed by atoms with Crippen molar-refractivity contribution in [1.82, 2.24) is 4.98 Å². The molecule has 2 aromatic carbocycles. The number of aromatic amines is 1. The van der Waals surface area contributed by atoms with E-state index in [4.69, 9.17) is 9.84 Å². The maximum Gasteiger partial charge on any atom is 0.416 e. The third-order valence-corrected chi connectivity index (χ3v) is 6.17. The normalized spacial score (nSPS) is 14.5. The van der Waals surface area contributed by atoms with Gasteiger partial charge < -0.3 is 14.8 Å². The first kappa shape index (κ1) is 22.7. The molecule has 1 saturated carbocycles. The van der Waals surface area contributed by atoms with Crippen LogP contribution in [0, 0.1) is 11.3 Å². The highest BCUT2D eigenvalue weighted by atomic mass is 19.4. The van der Waals surface area contributed by atoms with Crippen LogP contribution in [-0.4, -0.2) is 16.1 Å². The molecule has 172 valence electrons. The summed E-state index contributed by atoms with van der Waals surface area (Å²) in [6.07, 6.45) is -0.864. The molecule has 1 fully saturated rings.